The molecule has 1 saturated heterocycles. The molecular formula is C20H22F3N3O3S. The maximum absolute atomic E-state index is 13.0. The molecule has 1 atom stereocenters. The first-order valence-electron chi connectivity index (χ1n) is 9.47. The standard InChI is InChI=1S/C20H22F3N3O3S/c21-20(22,23)15-7-6-11-18(13-15)30(28,29)26-12-5-4-10-17(26)14-24-19(27)25-16-8-2-1-3-9-16/h1-3,6-9,11,13,17H,4-5,10,12,14H2,(H2,24,25,27)/t17-/m0/s1. The van der Waals surface area contributed by atoms with Crippen LogP contribution >= 0.6 is 0 Å². The van der Waals surface area contributed by atoms with Crippen molar-refractivity contribution in [2.24, 2.45) is 0 Å². The number of rotatable bonds is 5. The lowest BCUT2D eigenvalue weighted by Crippen LogP contribution is -2.49. The summed E-state index contributed by atoms with van der Waals surface area (Å²) in [6, 6.07) is 11.5. The summed E-state index contributed by atoms with van der Waals surface area (Å²) in [5.74, 6) is 0. The quantitative estimate of drug-likeness (QED) is 0.734. The monoisotopic (exact) mass is 441 g/mol. The van der Waals surface area contributed by atoms with Gasteiger partial charge in [0.25, 0.3) is 0 Å². The van der Waals surface area contributed by atoms with Gasteiger partial charge in [0, 0.05) is 24.8 Å². The molecule has 1 heterocycles. The van der Waals surface area contributed by atoms with E-state index in [1.54, 1.807) is 24.3 Å². The molecule has 0 spiro atoms. The minimum absolute atomic E-state index is 0.0524. The van der Waals surface area contributed by atoms with Crippen LogP contribution in [-0.4, -0.2) is 37.9 Å². The molecular weight excluding hydrogens is 419 g/mol. The Bertz CT molecular complexity index is 982. The number of amides is 2. The molecule has 2 N–H and O–H groups in total. The minimum atomic E-state index is -4.64. The Balaban J connectivity index is 1.72. The van der Waals surface area contributed by atoms with E-state index in [-0.39, 0.29) is 13.1 Å². The highest BCUT2D eigenvalue weighted by Gasteiger charge is 2.36. The molecule has 0 bridgehead atoms. The number of benzene rings is 2. The van der Waals surface area contributed by atoms with E-state index in [1.807, 2.05) is 6.07 Å². The molecule has 30 heavy (non-hydrogen) atoms. The van der Waals surface area contributed by atoms with Crippen molar-refractivity contribution in [2.45, 2.75) is 36.4 Å². The van der Waals surface area contributed by atoms with Crippen LogP contribution in [0, 0.1) is 0 Å². The first kappa shape index (κ1) is 22.1. The molecule has 2 amide bonds. The third kappa shape index (κ3) is 5.31. The van der Waals surface area contributed by atoms with Crippen LogP contribution in [0.15, 0.2) is 59.5 Å². The summed E-state index contributed by atoms with van der Waals surface area (Å²) in [5.41, 5.74) is -0.426. The van der Waals surface area contributed by atoms with Crippen LogP contribution in [0.4, 0.5) is 23.7 Å². The van der Waals surface area contributed by atoms with E-state index >= 15 is 0 Å². The highest BCUT2D eigenvalue weighted by Crippen LogP contribution is 2.32. The molecule has 1 aliphatic rings. The number of nitrogens with zero attached hydrogens (tertiary/aromatic N) is 1. The largest absolute Gasteiger partial charge is 0.416 e. The number of urea groups is 1. The molecule has 2 aromatic carbocycles. The van der Waals surface area contributed by atoms with Gasteiger partial charge >= 0.3 is 12.2 Å². The molecule has 0 saturated carbocycles. The lowest BCUT2D eigenvalue weighted by Gasteiger charge is -2.34. The topological polar surface area (TPSA) is 78.5 Å². The Morgan fingerprint density at radius 2 is 1.80 bits per heavy atom. The molecule has 1 fully saturated rings. The summed E-state index contributed by atoms with van der Waals surface area (Å²) in [7, 11) is -4.14. The Kier molecular flexibility index (Phi) is 6.67. The summed E-state index contributed by atoms with van der Waals surface area (Å²) in [5, 5.41) is 5.30. The van der Waals surface area contributed by atoms with Crippen molar-refractivity contribution in [2.75, 3.05) is 18.4 Å². The molecule has 0 radical (unpaired) electrons. The van der Waals surface area contributed by atoms with Gasteiger partial charge in [-0.15, -0.1) is 0 Å². The Labute approximate surface area is 173 Å². The lowest BCUT2D eigenvalue weighted by atomic mass is 10.1. The number of alkyl halides is 3. The Hall–Kier alpha value is -2.59. The molecule has 162 valence electrons. The first-order valence-corrected chi connectivity index (χ1v) is 10.9. The van der Waals surface area contributed by atoms with Gasteiger partial charge in [0.15, 0.2) is 0 Å². The van der Waals surface area contributed by atoms with Crippen LogP contribution in [0.1, 0.15) is 24.8 Å². The zero-order valence-corrected chi connectivity index (χ0v) is 16.8. The number of carbonyl (C=O) groups excluding carboxylic acids is 1. The highest BCUT2D eigenvalue weighted by atomic mass is 32.2. The highest BCUT2D eigenvalue weighted by molar-refractivity contribution is 7.89. The van der Waals surface area contributed by atoms with E-state index in [1.165, 1.54) is 4.31 Å². The van der Waals surface area contributed by atoms with E-state index in [0.717, 1.165) is 24.6 Å². The van der Waals surface area contributed by atoms with Crippen LogP contribution in [0.3, 0.4) is 0 Å². The summed E-state index contributed by atoms with van der Waals surface area (Å²) in [6.45, 7) is 0.238. The van der Waals surface area contributed by atoms with Crippen molar-refractivity contribution < 1.29 is 26.4 Å². The van der Waals surface area contributed by atoms with Crippen molar-refractivity contribution in [3.05, 3.63) is 60.2 Å². The van der Waals surface area contributed by atoms with Crippen molar-refractivity contribution in [3.63, 3.8) is 0 Å². The van der Waals surface area contributed by atoms with Crippen LogP contribution in [-0.2, 0) is 16.2 Å². The number of hydrogen-bond donors (Lipinski definition) is 2. The molecule has 6 nitrogen and oxygen atoms in total. The van der Waals surface area contributed by atoms with E-state index in [4.69, 9.17) is 0 Å². The minimum Gasteiger partial charge on any atom is -0.336 e. The molecule has 2 aromatic rings. The van der Waals surface area contributed by atoms with Crippen molar-refractivity contribution in [1.82, 2.24) is 9.62 Å². The van der Waals surface area contributed by atoms with E-state index in [2.05, 4.69) is 10.6 Å². The predicted molar refractivity (Wildman–Crippen MR) is 106 cm³/mol. The number of piperidine rings is 1. The van der Waals surface area contributed by atoms with E-state index in [0.29, 0.717) is 24.6 Å². The average molecular weight is 441 g/mol. The van der Waals surface area contributed by atoms with Gasteiger partial charge in [-0.1, -0.05) is 30.7 Å². The van der Waals surface area contributed by atoms with Gasteiger partial charge < -0.3 is 10.6 Å². The number of nitrogens with one attached hydrogen (secondary N) is 2. The van der Waals surface area contributed by atoms with Crippen LogP contribution in [0.5, 0.6) is 0 Å². The van der Waals surface area contributed by atoms with Crippen LogP contribution in [0.25, 0.3) is 0 Å². The molecule has 0 aromatic heterocycles. The van der Waals surface area contributed by atoms with Gasteiger partial charge in [-0.25, -0.2) is 13.2 Å². The van der Waals surface area contributed by atoms with Crippen molar-refractivity contribution >= 4 is 21.7 Å². The fraction of sp³-hybridized carbons (Fsp3) is 0.350. The predicted octanol–water partition coefficient (Wildman–Crippen LogP) is 4.07. The van der Waals surface area contributed by atoms with Gasteiger partial charge in [-0.05, 0) is 43.2 Å². The van der Waals surface area contributed by atoms with Gasteiger partial charge in [-0.2, -0.15) is 17.5 Å². The molecule has 0 aliphatic carbocycles. The smallest absolute Gasteiger partial charge is 0.336 e. The number of hydrogen-bond acceptors (Lipinski definition) is 3. The van der Waals surface area contributed by atoms with Gasteiger partial charge in [0.05, 0.1) is 10.5 Å². The van der Waals surface area contributed by atoms with Crippen LogP contribution < -0.4 is 10.6 Å². The fourth-order valence-electron chi connectivity index (χ4n) is 3.37. The van der Waals surface area contributed by atoms with Crippen molar-refractivity contribution in [1.29, 1.82) is 0 Å². The normalized spacial score (nSPS) is 18.0. The Morgan fingerprint density at radius 1 is 1.07 bits per heavy atom. The zero-order chi connectivity index (χ0) is 21.8. The second-order valence-electron chi connectivity index (χ2n) is 6.99. The third-order valence-corrected chi connectivity index (χ3v) is 6.82. The second-order valence-corrected chi connectivity index (χ2v) is 8.88. The molecule has 1 aliphatic heterocycles. The maximum atomic E-state index is 13.0. The molecule has 0 unspecified atom stereocenters. The molecule has 10 heteroatoms. The second kappa shape index (κ2) is 9.05. The Morgan fingerprint density at radius 3 is 2.50 bits per heavy atom. The summed E-state index contributed by atoms with van der Waals surface area (Å²) in [6.07, 6.45) is -2.76. The van der Waals surface area contributed by atoms with Gasteiger partial charge in [0.1, 0.15) is 0 Å². The van der Waals surface area contributed by atoms with Gasteiger partial charge in [0.2, 0.25) is 10.0 Å². The maximum Gasteiger partial charge on any atom is 0.416 e. The lowest BCUT2D eigenvalue weighted by molar-refractivity contribution is -0.137. The average Bonchev–Trinajstić information content (AvgIpc) is 2.73. The number of para-hydroxylation sites is 1. The number of carbonyl (C=O) groups is 1. The summed E-state index contributed by atoms with van der Waals surface area (Å²) in [4.78, 5) is 11.7. The SMILES string of the molecule is O=C(NC[C@@H]1CCCCN1S(=O)(=O)c1cccc(C(F)(F)F)c1)Nc1ccccc1. The summed E-state index contributed by atoms with van der Waals surface area (Å²) >= 11 is 0. The van der Waals surface area contributed by atoms with Crippen LogP contribution in [0.2, 0.25) is 0 Å². The zero-order valence-electron chi connectivity index (χ0n) is 16.0. The van der Waals surface area contributed by atoms with Gasteiger partial charge in [-0.3, -0.25) is 0 Å². The molecule has 3 rings (SSSR count). The van der Waals surface area contributed by atoms with Crippen molar-refractivity contribution in [3.8, 4) is 0 Å². The van der Waals surface area contributed by atoms with E-state index < -0.39 is 38.7 Å². The van der Waals surface area contributed by atoms with E-state index in [9.17, 15) is 26.4 Å². The number of anilines is 1. The first-order chi connectivity index (χ1) is 14.2. The summed E-state index contributed by atoms with van der Waals surface area (Å²) < 4.78 is 66.3. The fourth-order valence-corrected chi connectivity index (χ4v) is 5.11. The third-order valence-electron chi connectivity index (χ3n) is 4.87. The number of sulfonamides is 1. The number of halogens is 3.